The number of benzene rings is 1. The number of halogens is 1. The molecular weight excluding hydrogens is 659 g/mol. The van der Waals surface area contributed by atoms with Crippen LogP contribution in [0.5, 0.6) is 0 Å². The zero-order valence-electron chi connectivity index (χ0n) is 25.9. The summed E-state index contributed by atoms with van der Waals surface area (Å²) in [7, 11) is 3.05. The zero-order chi connectivity index (χ0) is 34.1. The summed E-state index contributed by atoms with van der Waals surface area (Å²) in [5.41, 5.74) is -0.450. The number of nitrogens with zero attached hydrogens (tertiary/aromatic N) is 6. The molecule has 254 valence electrons. The highest BCUT2D eigenvalue weighted by atomic mass is 33.1. The summed E-state index contributed by atoms with van der Waals surface area (Å²) in [6.45, 7) is 5.50. The van der Waals surface area contributed by atoms with Gasteiger partial charge in [0, 0.05) is 69.2 Å². The van der Waals surface area contributed by atoms with Crippen LogP contribution in [0.25, 0.3) is 10.9 Å². The van der Waals surface area contributed by atoms with E-state index in [9.17, 15) is 34.4 Å². The third-order valence-electron chi connectivity index (χ3n) is 7.48. The van der Waals surface area contributed by atoms with Crippen molar-refractivity contribution in [2.75, 3.05) is 55.8 Å². The first kappa shape index (κ1) is 35.5. The number of hydrogen-bond acceptors (Lipinski definition) is 12. The fraction of sp³-hybridized carbons (Fsp3) is 0.483. The quantitative estimate of drug-likeness (QED) is 0.0796. The number of hydrogen-bond donors (Lipinski definition) is 1. The Bertz CT molecular complexity index is 1690. The van der Waals surface area contributed by atoms with Gasteiger partial charge in [-0.25, -0.2) is 23.5 Å². The molecule has 2 aromatic heterocycles. The van der Waals surface area contributed by atoms with Gasteiger partial charge in [0.1, 0.15) is 37.3 Å². The molecule has 15 nitrogen and oxygen atoms in total. The standard InChI is InChI=1S/C29H35FN6O9S2/c1-3-32-18-21(28(39)40)27(38)20-15-22(30)24(16-23(20)32)33-6-8-34(9-7-33)29(41)45-12-14-47-46-13-4-5-26(37)44-11-10-35-19(2)31-17-25(35)36(42)43/h15-18H,3-14H2,1-2H3,(H,39,40). The number of imidazole rings is 1. The highest BCUT2D eigenvalue weighted by molar-refractivity contribution is 8.76. The fourth-order valence-corrected chi connectivity index (χ4v) is 6.95. The molecule has 1 fully saturated rings. The van der Waals surface area contributed by atoms with Crippen LogP contribution in [0, 0.1) is 22.9 Å². The van der Waals surface area contributed by atoms with E-state index >= 15 is 4.39 Å². The third-order valence-corrected chi connectivity index (χ3v) is 9.94. The average molecular weight is 695 g/mol. The van der Waals surface area contributed by atoms with Gasteiger partial charge in [0.05, 0.1) is 11.2 Å². The fourth-order valence-electron chi connectivity index (χ4n) is 5.03. The maximum atomic E-state index is 15.1. The van der Waals surface area contributed by atoms with Crippen molar-refractivity contribution < 1.29 is 38.3 Å². The van der Waals surface area contributed by atoms with E-state index in [1.807, 2.05) is 0 Å². The van der Waals surface area contributed by atoms with Crippen molar-refractivity contribution in [3.05, 3.63) is 62.1 Å². The number of carbonyl (C=O) groups excluding carboxylic acids is 2. The number of aromatic nitrogens is 3. The molecule has 3 heterocycles. The molecule has 0 radical (unpaired) electrons. The smallest absolute Gasteiger partial charge is 0.409 e. The van der Waals surface area contributed by atoms with Crippen molar-refractivity contribution in [3.8, 4) is 0 Å². The number of fused-ring (bicyclic) bond motifs is 1. The Morgan fingerprint density at radius 2 is 1.83 bits per heavy atom. The summed E-state index contributed by atoms with van der Waals surface area (Å²) < 4.78 is 28.7. The minimum absolute atomic E-state index is 0.00193. The lowest BCUT2D eigenvalue weighted by molar-refractivity contribution is -0.392. The van der Waals surface area contributed by atoms with Crippen LogP contribution in [-0.2, 0) is 27.4 Å². The number of aromatic carboxylic acids is 1. The first-order valence-electron chi connectivity index (χ1n) is 14.8. The molecule has 0 aliphatic carbocycles. The summed E-state index contributed by atoms with van der Waals surface area (Å²) >= 11 is 0. The number of carboxylic acids is 1. The van der Waals surface area contributed by atoms with Gasteiger partial charge in [-0.15, -0.1) is 0 Å². The summed E-state index contributed by atoms with van der Waals surface area (Å²) in [5, 5.41) is 20.4. The van der Waals surface area contributed by atoms with E-state index in [1.165, 1.54) is 27.8 Å². The number of ether oxygens (including phenoxy) is 2. The molecular formula is C29H35FN6O9S2. The number of nitro groups is 1. The van der Waals surface area contributed by atoms with E-state index in [2.05, 4.69) is 4.98 Å². The summed E-state index contributed by atoms with van der Waals surface area (Å²) in [4.78, 5) is 66.3. The molecule has 47 heavy (non-hydrogen) atoms. The van der Waals surface area contributed by atoms with Crippen LogP contribution in [0.1, 0.15) is 35.9 Å². The topological polar surface area (TPSA) is 179 Å². The van der Waals surface area contributed by atoms with Gasteiger partial charge < -0.3 is 39.1 Å². The molecule has 0 atom stereocenters. The largest absolute Gasteiger partial charge is 0.477 e. The van der Waals surface area contributed by atoms with Gasteiger partial charge in [-0.05, 0) is 30.4 Å². The van der Waals surface area contributed by atoms with E-state index in [0.717, 1.165) is 6.07 Å². The normalized spacial score (nSPS) is 13.2. The van der Waals surface area contributed by atoms with Crippen LogP contribution < -0.4 is 10.3 Å². The number of carbonyl (C=O) groups is 3. The second-order valence-electron chi connectivity index (χ2n) is 10.4. The molecule has 1 aromatic carbocycles. The number of amides is 1. The number of carboxylic acid groups (broad SMARTS) is 1. The van der Waals surface area contributed by atoms with Crippen LogP contribution in [-0.4, -0.2) is 98.0 Å². The number of rotatable bonds is 15. The van der Waals surface area contributed by atoms with Crippen molar-refractivity contribution in [3.63, 3.8) is 0 Å². The molecule has 4 rings (SSSR count). The predicted octanol–water partition coefficient (Wildman–Crippen LogP) is 3.94. The van der Waals surface area contributed by atoms with E-state index in [1.54, 1.807) is 45.1 Å². The minimum atomic E-state index is -1.37. The summed E-state index contributed by atoms with van der Waals surface area (Å²) in [6.07, 6.45) is 2.77. The second-order valence-corrected chi connectivity index (χ2v) is 13.1. The minimum Gasteiger partial charge on any atom is -0.477 e. The number of pyridine rings is 1. The van der Waals surface area contributed by atoms with Crippen LogP contribution in [0.15, 0.2) is 29.3 Å². The van der Waals surface area contributed by atoms with Gasteiger partial charge >= 0.3 is 23.8 Å². The van der Waals surface area contributed by atoms with E-state index in [0.29, 0.717) is 62.0 Å². The Morgan fingerprint density at radius 1 is 1.11 bits per heavy atom. The van der Waals surface area contributed by atoms with Crippen molar-refractivity contribution in [2.45, 2.75) is 39.8 Å². The zero-order valence-corrected chi connectivity index (χ0v) is 27.5. The lowest BCUT2D eigenvalue weighted by Gasteiger charge is -2.35. The van der Waals surface area contributed by atoms with Gasteiger partial charge in [-0.3, -0.25) is 9.59 Å². The van der Waals surface area contributed by atoms with Gasteiger partial charge in [-0.1, -0.05) is 21.6 Å². The number of aryl methyl sites for hydroxylation is 2. The van der Waals surface area contributed by atoms with Gasteiger partial charge in [0.2, 0.25) is 5.43 Å². The van der Waals surface area contributed by atoms with Crippen molar-refractivity contribution in [2.24, 2.45) is 0 Å². The number of esters is 1. The van der Waals surface area contributed by atoms with Crippen molar-refractivity contribution in [1.29, 1.82) is 0 Å². The Hall–Kier alpha value is -4.32. The highest BCUT2D eigenvalue weighted by Gasteiger charge is 2.25. The number of anilines is 1. The Kier molecular flexibility index (Phi) is 12.5. The first-order valence-corrected chi connectivity index (χ1v) is 17.3. The summed E-state index contributed by atoms with van der Waals surface area (Å²) in [5.74, 6) is -0.846. The molecule has 0 unspecified atom stereocenters. The molecule has 1 N–H and O–H groups in total. The molecule has 0 saturated carbocycles. The SMILES string of the molecule is CCn1cc(C(=O)O)c(=O)c2cc(F)c(N3CCN(C(=O)OCCSSCCCC(=O)OCCn4c([N+](=O)[O-])cnc4C)CC3)cc21. The highest BCUT2D eigenvalue weighted by Crippen LogP contribution is 2.27. The molecule has 3 aromatic rings. The van der Waals surface area contributed by atoms with Crippen LogP contribution in [0.4, 0.5) is 20.7 Å². The van der Waals surface area contributed by atoms with Crippen LogP contribution >= 0.6 is 21.6 Å². The van der Waals surface area contributed by atoms with Gasteiger partial charge in [0.15, 0.2) is 5.82 Å². The molecule has 1 aliphatic rings. The molecule has 1 amide bonds. The molecule has 0 spiro atoms. The first-order chi connectivity index (χ1) is 22.5. The van der Waals surface area contributed by atoms with Crippen molar-refractivity contribution in [1.82, 2.24) is 19.0 Å². The average Bonchev–Trinajstić information content (AvgIpc) is 3.42. The molecule has 0 bridgehead atoms. The summed E-state index contributed by atoms with van der Waals surface area (Å²) in [6, 6.07) is 2.63. The maximum absolute atomic E-state index is 15.1. The van der Waals surface area contributed by atoms with E-state index in [4.69, 9.17) is 9.47 Å². The Balaban J connectivity index is 1.11. The van der Waals surface area contributed by atoms with E-state index in [-0.39, 0.29) is 49.0 Å². The molecule has 1 aliphatic heterocycles. The van der Waals surface area contributed by atoms with Crippen LogP contribution in [0.2, 0.25) is 0 Å². The Morgan fingerprint density at radius 3 is 2.51 bits per heavy atom. The van der Waals surface area contributed by atoms with Gasteiger partial charge in [0.25, 0.3) is 0 Å². The second kappa shape index (κ2) is 16.5. The number of piperazine rings is 1. The molecule has 18 heteroatoms. The lowest BCUT2D eigenvalue weighted by Crippen LogP contribution is -2.49. The predicted molar refractivity (Wildman–Crippen MR) is 175 cm³/mol. The van der Waals surface area contributed by atoms with Gasteiger partial charge in [-0.2, -0.15) is 0 Å². The third kappa shape index (κ3) is 8.94. The van der Waals surface area contributed by atoms with E-state index < -0.39 is 33.8 Å². The van der Waals surface area contributed by atoms with Crippen molar-refractivity contribution >= 4 is 62.0 Å². The lowest BCUT2D eigenvalue weighted by atomic mass is 10.1. The maximum Gasteiger partial charge on any atom is 0.409 e. The van der Waals surface area contributed by atoms with Crippen LogP contribution in [0.3, 0.4) is 0 Å². The molecule has 1 saturated heterocycles. The Labute approximate surface area is 276 Å². The monoisotopic (exact) mass is 694 g/mol.